The summed E-state index contributed by atoms with van der Waals surface area (Å²) < 4.78 is 25.8. The second-order valence-electron chi connectivity index (χ2n) is 5.89. The first-order valence-electron chi connectivity index (χ1n) is 7.88. The Bertz CT molecular complexity index is 901. The van der Waals surface area contributed by atoms with E-state index in [9.17, 15) is 9.36 Å². The molecule has 1 unspecified atom stereocenters. The molecule has 1 atom stereocenters. The van der Waals surface area contributed by atoms with E-state index in [0.29, 0.717) is 0 Å². The van der Waals surface area contributed by atoms with Crippen molar-refractivity contribution in [2.75, 3.05) is 19.2 Å². The van der Waals surface area contributed by atoms with Gasteiger partial charge in [0.05, 0.1) is 0 Å². The van der Waals surface area contributed by atoms with Gasteiger partial charge < -0.3 is 9.05 Å². The lowest BCUT2D eigenvalue weighted by Crippen LogP contribution is -2.39. The Morgan fingerprint density at radius 3 is 2.24 bits per heavy atom. The fourth-order valence-corrected chi connectivity index (χ4v) is 4.86. The molecule has 1 aliphatic heterocycles. The van der Waals surface area contributed by atoms with Crippen LogP contribution in [-0.4, -0.2) is 18.9 Å². The molecule has 2 aromatic rings. The minimum absolute atomic E-state index is 0.0640. The molecule has 1 aromatic heterocycles. The first kappa shape index (κ1) is 17.7. The zero-order valence-electron chi connectivity index (χ0n) is 14.7. The molecular formula is C18H21N2O4P. The first-order chi connectivity index (χ1) is 11.9. The standard InChI is InChI=1S/C18H21N2O4P/c1-13-11-16(21)12-14(2)20(13)19-10-9-15-7-5-6-8-17(15)18(19)25(22,23-3)24-4/h5-12,18H,1-4H3. The van der Waals surface area contributed by atoms with Crippen LogP contribution in [0.1, 0.15) is 28.3 Å². The van der Waals surface area contributed by atoms with E-state index in [1.54, 1.807) is 17.1 Å². The third kappa shape index (κ3) is 2.97. The predicted octanol–water partition coefficient (Wildman–Crippen LogP) is 3.57. The van der Waals surface area contributed by atoms with Gasteiger partial charge in [-0.15, -0.1) is 0 Å². The van der Waals surface area contributed by atoms with Gasteiger partial charge in [-0.3, -0.25) is 19.0 Å². The Morgan fingerprint density at radius 2 is 1.64 bits per heavy atom. The third-order valence-electron chi connectivity index (χ3n) is 4.34. The molecule has 0 bridgehead atoms. The molecule has 0 radical (unpaired) electrons. The van der Waals surface area contributed by atoms with Crippen LogP contribution in [0.3, 0.4) is 0 Å². The highest BCUT2D eigenvalue weighted by atomic mass is 31.2. The van der Waals surface area contributed by atoms with Gasteiger partial charge in [0.25, 0.3) is 0 Å². The number of hydrogen-bond donors (Lipinski definition) is 0. The first-order valence-corrected chi connectivity index (χ1v) is 9.49. The number of nitrogens with zero attached hydrogens (tertiary/aromatic N) is 2. The van der Waals surface area contributed by atoms with E-state index in [-0.39, 0.29) is 5.43 Å². The molecule has 0 saturated heterocycles. The number of fused-ring (bicyclic) bond motifs is 1. The van der Waals surface area contributed by atoms with E-state index >= 15 is 0 Å². The highest BCUT2D eigenvalue weighted by molar-refractivity contribution is 7.54. The molecule has 2 heterocycles. The van der Waals surface area contributed by atoms with Crippen molar-refractivity contribution in [3.05, 3.63) is 75.3 Å². The van der Waals surface area contributed by atoms with Crippen LogP contribution in [0, 0.1) is 13.8 Å². The van der Waals surface area contributed by atoms with Crippen molar-refractivity contribution in [3.8, 4) is 0 Å². The number of aryl methyl sites for hydroxylation is 2. The number of rotatable bonds is 4. The SMILES string of the molecule is COP(=O)(OC)C1c2ccccc2C=CN1n1c(C)cc(=O)cc1C. The molecule has 1 aliphatic rings. The van der Waals surface area contributed by atoms with Crippen LogP contribution in [0.15, 0.2) is 47.4 Å². The summed E-state index contributed by atoms with van der Waals surface area (Å²) in [6, 6.07) is 10.8. The summed E-state index contributed by atoms with van der Waals surface area (Å²) in [5.74, 6) is -0.663. The van der Waals surface area contributed by atoms with Gasteiger partial charge in [-0.2, -0.15) is 0 Å². The molecule has 0 saturated carbocycles. The van der Waals surface area contributed by atoms with Crippen LogP contribution < -0.4 is 10.4 Å². The fraction of sp³-hybridized carbons (Fsp3) is 0.278. The summed E-state index contributed by atoms with van der Waals surface area (Å²) in [6.07, 6.45) is 3.78. The molecule has 25 heavy (non-hydrogen) atoms. The third-order valence-corrected chi connectivity index (χ3v) is 6.47. The van der Waals surface area contributed by atoms with Crippen molar-refractivity contribution in [1.29, 1.82) is 0 Å². The summed E-state index contributed by atoms with van der Waals surface area (Å²) in [5.41, 5.74) is 3.20. The normalized spacial score (nSPS) is 16.8. The van der Waals surface area contributed by atoms with E-state index in [1.807, 2.05) is 55.1 Å². The van der Waals surface area contributed by atoms with Gasteiger partial charge in [-0.1, -0.05) is 24.3 Å². The van der Waals surface area contributed by atoms with E-state index in [1.165, 1.54) is 14.2 Å². The topological polar surface area (TPSA) is 60.8 Å². The smallest absolute Gasteiger partial charge is 0.310 e. The second kappa shape index (κ2) is 6.64. The minimum atomic E-state index is -3.49. The summed E-state index contributed by atoms with van der Waals surface area (Å²) in [7, 11) is -0.719. The summed E-state index contributed by atoms with van der Waals surface area (Å²) in [4.78, 5) is 11.8. The minimum Gasteiger partial charge on any atom is -0.310 e. The van der Waals surface area contributed by atoms with Gasteiger partial charge in [0.1, 0.15) is 0 Å². The number of pyridine rings is 1. The van der Waals surface area contributed by atoms with Crippen molar-refractivity contribution in [3.63, 3.8) is 0 Å². The Labute approximate surface area is 146 Å². The van der Waals surface area contributed by atoms with Crippen LogP contribution in [0.4, 0.5) is 0 Å². The summed E-state index contributed by atoms with van der Waals surface area (Å²) in [6.45, 7) is 3.68. The van der Waals surface area contributed by atoms with Crippen molar-refractivity contribution < 1.29 is 13.6 Å². The van der Waals surface area contributed by atoms with Crippen LogP contribution in [0.2, 0.25) is 0 Å². The van der Waals surface area contributed by atoms with Gasteiger partial charge >= 0.3 is 7.60 Å². The molecule has 0 amide bonds. The Balaban J connectivity index is 2.27. The average Bonchev–Trinajstić information content (AvgIpc) is 2.60. The molecule has 0 N–H and O–H groups in total. The lowest BCUT2D eigenvalue weighted by Gasteiger charge is -2.39. The quantitative estimate of drug-likeness (QED) is 0.780. The lowest BCUT2D eigenvalue weighted by molar-refractivity contribution is 0.261. The van der Waals surface area contributed by atoms with E-state index in [0.717, 1.165) is 22.5 Å². The zero-order chi connectivity index (χ0) is 18.2. The predicted molar refractivity (Wildman–Crippen MR) is 98.2 cm³/mol. The maximum Gasteiger partial charge on any atom is 0.358 e. The number of aromatic nitrogens is 1. The Kier molecular flexibility index (Phi) is 4.69. The van der Waals surface area contributed by atoms with Gasteiger partial charge in [0.2, 0.25) is 0 Å². The maximum absolute atomic E-state index is 13.3. The number of benzene rings is 1. The van der Waals surface area contributed by atoms with Crippen molar-refractivity contribution in [2.24, 2.45) is 0 Å². The molecular weight excluding hydrogens is 339 g/mol. The van der Waals surface area contributed by atoms with Crippen molar-refractivity contribution in [1.82, 2.24) is 4.68 Å². The maximum atomic E-state index is 13.3. The van der Waals surface area contributed by atoms with Gasteiger partial charge in [-0.25, -0.2) is 0 Å². The molecule has 0 fully saturated rings. The van der Waals surface area contributed by atoms with Crippen LogP contribution in [0.25, 0.3) is 6.08 Å². The summed E-state index contributed by atoms with van der Waals surface area (Å²) >= 11 is 0. The van der Waals surface area contributed by atoms with Crippen LogP contribution in [0.5, 0.6) is 0 Å². The molecule has 1 aromatic carbocycles. The fourth-order valence-electron chi connectivity index (χ4n) is 3.26. The average molecular weight is 360 g/mol. The van der Waals surface area contributed by atoms with E-state index in [4.69, 9.17) is 9.05 Å². The van der Waals surface area contributed by atoms with E-state index < -0.39 is 13.4 Å². The van der Waals surface area contributed by atoms with Crippen LogP contribution in [-0.2, 0) is 13.6 Å². The molecule has 3 rings (SSSR count). The Hall–Kier alpha value is -2.14. The lowest BCUT2D eigenvalue weighted by atomic mass is 10.0. The monoisotopic (exact) mass is 360 g/mol. The molecule has 6 nitrogen and oxygen atoms in total. The molecule has 0 aliphatic carbocycles. The highest BCUT2D eigenvalue weighted by Crippen LogP contribution is 2.62. The number of hydrogen-bond acceptors (Lipinski definition) is 5. The van der Waals surface area contributed by atoms with Crippen molar-refractivity contribution >= 4 is 13.7 Å². The zero-order valence-corrected chi connectivity index (χ0v) is 15.6. The van der Waals surface area contributed by atoms with Gasteiger partial charge in [0, 0.05) is 43.9 Å². The van der Waals surface area contributed by atoms with Crippen LogP contribution >= 0.6 is 7.60 Å². The van der Waals surface area contributed by atoms with Crippen molar-refractivity contribution in [2.45, 2.75) is 19.6 Å². The molecule has 7 heteroatoms. The van der Waals surface area contributed by atoms with E-state index in [2.05, 4.69) is 0 Å². The van der Waals surface area contributed by atoms with Gasteiger partial charge in [-0.05, 0) is 31.1 Å². The largest absolute Gasteiger partial charge is 0.358 e. The highest BCUT2D eigenvalue weighted by Gasteiger charge is 2.42. The van der Waals surface area contributed by atoms with Gasteiger partial charge in [0.15, 0.2) is 11.2 Å². The second-order valence-corrected chi connectivity index (χ2v) is 8.19. The molecule has 0 spiro atoms. The summed E-state index contributed by atoms with van der Waals surface area (Å²) in [5, 5.41) is 1.81. The molecule has 132 valence electrons. The Morgan fingerprint density at radius 1 is 1.04 bits per heavy atom.